The van der Waals surface area contributed by atoms with Crippen LogP contribution in [0, 0.1) is 18.9 Å². The number of anilines is 1. The van der Waals surface area contributed by atoms with Crippen LogP contribution in [-0.2, 0) is 17.8 Å². The maximum absolute atomic E-state index is 14.3. The van der Waals surface area contributed by atoms with E-state index in [9.17, 15) is 9.18 Å². The summed E-state index contributed by atoms with van der Waals surface area (Å²) in [5, 5.41) is 0. The smallest absolute Gasteiger partial charge is 0.312 e. The molecule has 0 saturated carbocycles. The highest BCUT2D eigenvalue weighted by atomic mass is 19.1. The minimum atomic E-state index is -0.881. The van der Waals surface area contributed by atoms with Gasteiger partial charge >= 0.3 is 6.08 Å². The molecule has 0 spiro atoms. The van der Waals surface area contributed by atoms with Crippen molar-refractivity contribution >= 4 is 22.9 Å². The zero-order valence-electron chi connectivity index (χ0n) is 22.1. The molecule has 10 nitrogen and oxygen atoms in total. The van der Waals surface area contributed by atoms with Crippen LogP contribution >= 0.6 is 0 Å². The molecule has 2 aliphatic heterocycles. The number of rotatable bonds is 6. The lowest BCUT2D eigenvalue weighted by Crippen LogP contribution is -2.37. The van der Waals surface area contributed by atoms with Gasteiger partial charge in [-0.15, -0.1) is 0 Å². The number of ether oxygens (including phenoxy) is 2. The van der Waals surface area contributed by atoms with Crippen molar-refractivity contribution in [2.45, 2.75) is 46.1 Å². The number of halogens is 1. The Balaban J connectivity index is 1.36. The van der Waals surface area contributed by atoms with Gasteiger partial charge in [0.25, 0.3) is 0 Å². The van der Waals surface area contributed by atoms with E-state index in [-0.39, 0.29) is 11.7 Å². The Labute approximate surface area is 224 Å². The van der Waals surface area contributed by atoms with E-state index >= 15 is 0 Å². The number of amides is 1. The van der Waals surface area contributed by atoms with Crippen molar-refractivity contribution in [2.75, 3.05) is 32.0 Å². The zero-order valence-corrected chi connectivity index (χ0v) is 22.1. The van der Waals surface area contributed by atoms with Crippen molar-refractivity contribution in [1.82, 2.24) is 24.4 Å². The molecule has 2 N–H and O–H groups in total. The number of likely N-dealkylation sites (tertiary alicyclic amines) is 1. The monoisotopic (exact) mass is 534 g/mol. The van der Waals surface area contributed by atoms with Gasteiger partial charge in [0.05, 0.1) is 0 Å². The quantitative estimate of drug-likeness (QED) is 0.367. The number of nitrogens with zero attached hydrogens (tertiary/aromatic N) is 5. The Bertz CT molecular complexity index is 1540. The van der Waals surface area contributed by atoms with E-state index in [2.05, 4.69) is 9.97 Å². The molecule has 204 valence electrons. The summed E-state index contributed by atoms with van der Waals surface area (Å²) in [6.07, 6.45) is 2.23. The lowest BCUT2D eigenvalue weighted by atomic mass is 9.93. The molecule has 1 saturated heterocycles. The molecule has 0 bridgehead atoms. The summed E-state index contributed by atoms with van der Waals surface area (Å²) in [6, 6.07) is 7.74. The van der Waals surface area contributed by atoms with Gasteiger partial charge in [-0.05, 0) is 61.9 Å². The number of aryl methyl sites for hydroxylation is 2. The first-order valence-corrected chi connectivity index (χ1v) is 13.3. The highest BCUT2D eigenvalue weighted by Crippen LogP contribution is 2.39. The fourth-order valence-electron chi connectivity index (χ4n) is 5.51. The fraction of sp³-hybridized carbons (Fsp3) is 0.429. The number of aromatic nitrogens is 4. The summed E-state index contributed by atoms with van der Waals surface area (Å²) < 4.78 is 33.9. The predicted octanol–water partition coefficient (Wildman–Crippen LogP) is 4.13. The zero-order chi connectivity index (χ0) is 27.1. The molecule has 39 heavy (non-hydrogen) atoms. The minimum Gasteiger partial charge on any atom is -0.486 e. The maximum atomic E-state index is 14.3. The van der Waals surface area contributed by atoms with Gasteiger partial charge in [-0.25, -0.2) is 4.98 Å². The average molecular weight is 535 g/mol. The number of hydrogen-bond donors (Lipinski definition) is 1. The van der Waals surface area contributed by atoms with Crippen LogP contribution in [0.2, 0.25) is 0 Å². The van der Waals surface area contributed by atoms with E-state index in [1.807, 2.05) is 40.7 Å². The average Bonchev–Trinajstić information content (AvgIpc) is 3.50. The van der Waals surface area contributed by atoms with Crippen molar-refractivity contribution in [3.63, 3.8) is 0 Å². The van der Waals surface area contributed by atoms with E-state index < -0.39 is 6.08 Å². The topological polar surface area (TPSA) is 122 Å². The van der Waals surface area contributed by atoms with Crippen LogP contribution in [0.25, 0.3) is 22.5 Å². The van der Waals surface area contributed by atoms with E-state index in [0.29, 0.717) is 66.3 Å². The van der Waals surface area contributed by atoms with Gasteiger partial charge in [0.2, 0.25) is 5.91 Å². The summed E-state index contributed by atoms with van der Waals surface area (Å²) in [4.78, 5) is 26.2. The molecule has 4 aromatic rings. The van der Waals surface area contributed by atoms with Crippen LogP contribution in [0.4, 0.5) is 10.2 Å². The summed E-state index contributed by atoms with van der Waals surface area (Å²) in [5.41, 5.74) is 8.62. The van der Waals surface area contributed by atoms with Crippen molar-refractivity contribution in [2.24, 2.45) is 5.92 Å². The molecular formula is C28H31FN6O4. The largest absolute Gasteiger partial charge is 0.486 e. The molecule has 1 aromatic carbocycles. The minimum absolute atomic E-state index is 0.0105. The third kappa shape index (κ3) is 5.00. The standard InChI is InChI=1S/C28H31FN6O4/c1-16-3-4-21(39-16)20-15-23-22(37-11-12-38-23)13-19(20)14-24-31-25-26(30)32-28(29)33-27(25)35(24)10-7-18-5-8-34(9-6-18)17(2)36/h3-4,13,15,18H,5-12,14H2,1-2H3,(H2,30,32,33). The van der Waals surface area contributed by atoms with Crippen molar-refractivity contribution in [3.05, 3.63) is 47.5 Å². The number of fused-ring (bicyclic) bond motifs is 2. The van der Waals surface area contributed by atoms with E-state index in [0.717, 1.165) is 49.2 Å². The second-order valence-electron chi connectivity index (χ2n) is 10.2. The van der Waals surface area contributed by atoms with Crippen LogP contribution in [0.1, 0.15) is 43.3 Å². The first-order valence-electron chi connectivity index (χ1n) is 13.3. The highest BCUT2D eigenvalue weighted by Gasteiger charge is 2.25. The molecule has 0 aliphatic carbocycles. The number of carbonyl (C=O) groups excluding carboxylic acids is 1. The normalized spacial score (nSPS) is 15.7. The van der Waals surface area contributed by atoms with Gasteiger partial charge in [0.1, 0.15) is 30.6 Å². The Morgan fingerprint density at radius 1 is 1.10 bits per heavy atom. The van der Waals surface area contributed by atoms with Crippen LogP contribution in [0.15, 0.2) is 28.7 Å². The maximum Gasteiger partial charge on any atom is 0.312 e. The Kier molecular flexibility index (Phi) is 6.58. The van der Waals surface area contributed by atoms with Crippen LogP contribution in [0.5, 0.6) is 11.5 Å². The highest BCUT2D eigenvalue weighted by molar-refractivity contribution is 5.82. The molecule has 3 aromatic heterocycles. The van der Waals surface area contributed by atoms with E-state index in [1.165, 1.54) is 0 Å². The Hall–Kier alpha value is -4.15. The van der Waals surface area contributed by atoms with Crippen molar-refractivity contribution in [3.8, 4) is 22.8 Å². The molecule has 0 radical (unpaired) electrons. The summed E-state index contributed by atoms with van der Waals surface area (Å²) >= 11 is 0. The molecular weight excluding hydrogens is 503 g/mol. The molecule has 5 heterocycles. The van der Waals surface area contributed by atoms with Gasteiger partial charge < -0.3 is 29.1 Å². The van der Waals surface area contributed by atoms with E-state index in [4.69, 9.17) is 24.6 Å². The number of hydrogen-bond acceptors (Lipinski definition) is 8. The lowest BCUT2D eigenvalue weighted by Gasteiger charge is -2.31. The SMILES string of the molecule is CC(=O)N1CCC(CCn2c(Cc3cc4c(cc3-c3ccc(C)o3)OCCO4)nc3c(N)nc(F)nc32)CC1. The van der Waals surface area contributed by atoms with Gasteiger partial charge in [0.15, 0.2) is 28.5 Å². The molecule has 11 heteroatoms. The molecule has 0 atom stereocenters. The van der Waals surface area contributed by atoms with Crippen LogP contribution in [0.3, 0.4) is 0 Å². The van der Waals surface area contributed by atoms with Crippen LogP contribution < -0.4 is 15.2 Å². The molecule has 1 fully saturated rings. The molecule has 6 rings (SSSR count). The van der Waals surface area contributed by atoms with Gasteiger partial charge in [-0.3, -0.25) is 4.79 Å². The Morgan fingerprint density at radius 2 is 1.85 bits per heavy atom. The van der Waals surface area contributed by atoms with Crippen molar-refractivity contribution < 1.29 is 23.1 Å². The number of nitrogen functional groups attached to an aromatic ring is 1. The van der Waals surface area contributed by atoms with Gasteiger partial charge in [0, 0.05) is 38.5 Å². The van der Waals surface area contributed by atoms with E-state index in [1.54, 1.807) is 6.92 Å². The van der Waals surface area contributed by atoms with Crippen LogP contribution in [-0.4, -0.2) is 56.6 Å². The number of furan rings is 1. The number of piperidine rings is 1. The van der Waals surface area contributed by atoms with Gasteiger partial charge in [-0.1, -0.05) is 0 Å². The summed E-state index contributed by atoms with van der Waals surface area (Å²) in [5.74, 6) is 4.09. The second kappa shape index (κ2) is 10.2. The first-order chi connectivity index (χ1) is 18.9. The lowest BCUT2D eigenvalue weighted by molar-refractivity contribution is -0.130. The third-order valence-electron chi connectivity index (χ3n) is 7.62. The predicted molar refractivity (Wildman–Crippen MR) is 142 cm³/mol. The number of imidazole rings is 1. The summed E-state index contributed by atoms with van der Waals surface area (Å²) in [6.45, 7) is 6.56. The van der Waals surface area contributed by atoms with Crippen molar-refractivity contribution in [1.29, 1.82) is 0 Å². The van der Waals surface area contributed by atoms with Gasteiger partial charge in [-0.2, -0.15) is 14.4 Å². The number of nitrogens with two attached hydrogens (primary N) is 1. The molecule has 1 amide bonds. The second-order valence-corrected chi connectivity index (χ2v) is 10.2. The Morgan fingerprint density at radius 3 is 2.54 bits per heavy atom. The first kappa shape index (κ1) is 25.1. The number of carbonyl (C=O) groups is 1. The molecule has 0 unspecified atom stereocenters. The third-order valence-corrected chi connectivity index (χ3v) is 7.62. The fourth-order valence-corrected chi connectivity index (χ4v) is 5.51. The summed E-state index contributed by atoms with van der Waals surface area (Å²) in [7, 11) is 0. The molecule has 2 aliphatic rings. The number of benzene rings is 1.